The van der Waals surface area contributed by atoms with E-state index in [9.17, 15) is 18.8 Å². The first-order valence-electron chi connectivity index (χ1n) is 9.04. The predicted molar refractivity (Wildman–Crippen MR) is 103 cm³/mol. The first-order chi connectivity index (χ1) is 14.3. The average Bonchev–Trinajstić information content (AvgIpc) is 3.22. The maximum Gasteiger partial charge on any atom is 0.329 e. The van der Waals surface area contributed by atoms with Crippen LogP contribution in [-0.2, 0) is 25.5 Å². The maximum absolute atomic E-state index is 14.7. The van der Waals surface area contributed by atoms with Crippen LogP contribution in [0.3, 0.4) is 0 Å². The van der Waals surface area contributed by atoms with E-state index in [1.807, 2.05) is 0 Å². The van der Waals surface area contributed by atoms with Gasteiger partial charge in [0.25, 0.3) is 0 Å². The molecule has 11 heteroatoms. The number of aromatic amines is 1. The number of fused-ring (bicyclic) bond motifs is 1. The number of ether oxygens (including phenoxy) is 2. The summed E-state index contributed by atoms with van der Waals surface area (Å²) in [5.41, 5.74) is 1.40. The molecule has 0 fully saturated rings. The molecular formula is C19H20ClFN4O5. The third kappa shape index (κ3) is 4.38. The summed E-state index contributed by atoms with van der Waals surface area (Å²) in [6, 6.07) is 1.21. The minimum absolute atomic E-state index is 0.160. The molecule has 160 valence electrons. The van der Waals surface area contributed by atoms with E-state index in [0.717, 1.165) is 12.8 Å². The zero-order valence-electron chi connectivity index (χ0n) is 16.3. The van der Waals surface area contributed by atoms with Gasteiger partial charge in [0.15, 0.2) is 0 Å². The Labute approximate surface area is 176 Å². The lowest BCUT2D eigenvalue weighted by Gasteiger charge is -2.36. The lowest BCUT2D eigenvalue weighted by molar-refractivity contribution is -0.149. The van der Waals surface area contributed by atoms with E-state index in [1.165, 1.54) is 36.5 Å². The van der Waals surface area contributed by atoms with Crippen molar-refractivity contribution >= 4 is 29.6 Å². The fourth-order valence-corrected chi connectivity index (χ4v) is 3.53. The van der Waals surface area contributed by atoms with Gasteiger partial charge in [-0.15, -0.1) is 0 Å². The lowest BCUT2D eigenvalue weighted by Crippen LogP contribution is -2.52. The summed E-state index contributed by atoms with van der Waals surface area (Å²) >= 11 is 6.06. The molecule has 1 aromatic carbocycles. The fraction of sp³-hybridized carbons (Fsp3) is 0.368. The van der Waals surface area contributed by atoms with Crippen LogP contribution in [0.5, 0.6) is 0 Å². The second kappa shape index (κ2) is 9.12. The Morgan fingerprint density at radius 2 is 2.13 bits per heavy atom. The van der Waals surface area contributed by atoms with Gasteiger partial charge in [-0.05, 0) is 18.2 Å². The Morgan fingerprint density at radius 3 is 2.83 bits per heavy atom. The molecule has 0 spiro atoms. The monoisotopic (exact) mass is 438 g/mol. The van der Waals surface area contributed by atoms with Crippen LogP contribution in [0, 0.1) is 5.82 Å². The van der Waals surface area contributed by atoms with Gasteiger partial charge in [-0.2, -0.15) is 0 Å². The van der Waals surface area contributed by atoms with Gasteiger partial charge in [-0.25, -0.2) is 19.0 Å². The number of nitrogens with zero attached hydrogens (tertiary/aromatic N) is 2. The first kappa shape index (κ1) is 21.6. The van der Waals surface area contributed by atoms with E-state index in [2.05, 4.69) is 24.8 Å². The Hall–Kier alpha value is -3.14. The molecule has 0 bridgehead atoms. The van der Waals surface area contributed by atoms with Gasteiger partial charge >= 0.3 is 18.0 Å². The quantitative estimate of drug-likeness (QED) is 0.690. The van der Waals surface area contributed by atoms with Gasteiger partial charge in [-0.1, -0.05) is 11.6 Å². The normalized spacial score (nSPS) is 16.4. The van der Waals surface area contributed by atoms with Gasteiger partial charge in [-0.3, -0.25) is 4.79 Å². The number of carbonyl (C=O) groups is 3. The van der Waals surface area contributed by atoms with Gasteiger partial charge in [0.1, 0.15) is 17.9 Å². The van der Waals surface area contributed by atoms with Crippen LogP contribution in [0.1, 0.15) is 29.4 Å². The molecule has 2 aromatic rings. The largest absolute Gasteiger partial charge is 0.469 e. The number of imidazole rings is 1. The van der Waals surface area contributed by atoms with Crippen LogP contribution in [-0.4, -0.2) is 59.6 Å². The smallest absolute Gasteiger partial charge is 0.329 e. The predicted octanol–water partition coefficient (Wildman–Crippen LogP) is 1.96. The van der Waals surface area contributed by atoms with Crippen molar-refractivity contribution < 1.29 is 28.2 Å². The Balaban J connectivity index is 1.94. The molecule has 2 atom stereocenters. The molecule has 9 nitrogen and oxygen atoms in total. The van der Waals surface area contributed by atoms with Gasteiger partial charge in [0.2, 0.25) is 0 Å². The Kier molecular flexibility index (Phi) is 6.56. The highest BCUT2D eigenvalue weighted by atomic mass is 35.5. The summed E-state index contributed by atoms with van der Waals surface area (Å²) in [7, 11) is 2.31. The molecule has 2 amide bonds. The van der Waals surface area contributed by atoms with Gasteiger partial charge in [0, 0.05) is 29.2 Å². The zero-order chi connectivity index (χ0) is 21.8. The molecule has 2 N–H and O–H groups in total. The van der Waals surface area contributed by atoms with E-state index in [4.69, 9.17) is 11.6 Å². The summed E-state index contributed by atoms with van der Waals surface area (Å²) in [4.78, 5) is 45.3. The molecular weight excluding hydrogens is 419 g/mol. The number of urea groups is 1. The summed E-state index contributed by atoms with van der Waals surface area (Å²) in [5, 5.41) is 2.78. The Bertz CT molecular complexity index is 966. The second-order valence-electron chi connectivity index (χ2n) is 6.58. The molecule has 30 heavy (non-hydrogen) atoms. The van der Waals surface area contributed by atoms with Crippen molar-refractivity contribution in [2.45, 2.75) is 24.9 Å². The first-order valence-corrected chi connectivity index (χ1v) is 9.42. The van der Waals surface area contributed by atoms with Crippen LogP contribution in [0.25, 0.3) is 0 Å². The molecule has 0 saturated heterocycles. The number of nitrogens with one attached hydrogen (secondary N) is 2. The van der Waals surface area contributed by atoms with Crippen molar-refractivity contribution in [2.24, 2.45) is 0 Å². The Morgan fingerprint density at radius 1 is 1.37 bits per heavy atom. The topological polar surface area (TPSA) is 114 Å². The highest BCUT2D eigenvalue weighted by molar-refractivity contribution is 6.30. The standard InChI is InChI=1S/C19H20ClFN4O5/c1-29-15(26)8-14(18(27)30-2)24-19(28)25-6-5-13-16(23-9-22-13)17(25)11-7-10(20)3-4-12(11)21/h3-4,7,9,14,17H,5-6,8H2,1-2H3,(H,22,23)(H,24,28). The SMILES string of the molecule is COC(=O)CC(NC(=O)N1CCc2[nH]cnc2C1c1cc(Cl)ccc1F)C(=O)OC. The van der Waals surface area contributed by atoms with Gasteiger partial charge in [0.05, 0.1) is 32.7 Å². The third-order valence-electron chi connectivity index (χ3n) is 4.82. The van der Waals surface area contributed by atoms with E-state index < -0.39 is 42.3 Å². The number of H-pyrrole nitrogens is 1. The molecule has 1 aliphatic rings. The average molecular weight is 439 g/mol. The summed E-state index contributed by atoms with van der Waals surface area (Å²) in [5.74, 6) is -2.06. The molecule has 0 aliphatic carbocycles. The molecule has 3 rings (SSSR count). The molecule has 2 heterocycles. The maximum atomic E-state index is 14.7. The molecule has 2 unspecified atom stereocenters. The van der Waals surface area contributed by atoms with Crippen molar-refractivity contribution in [3.8, 4) is 0 Å². The number of hydrogen-bond donors (Lipinski definition) is 2. The number of hydrogen-bond acceptors (Lipinski definition) is 6. The van der Waals surface area contributed by atoms with Crippen LogP contribution >= 0.6 is 11.6 Å². The third-order valence-corrected chi connectivity index (χ3v) is 5.06. The number of esters is 2. The number of halogens is 2. The summed E-state index contributed by atoms with van der Waals surface area (Å²) in [6.07, 6.45) is 1.50. The van der Waals surface area contributed by atoms with Crippen molar-refractivity contribution in [1.82, 2.24) is 20.2 Å². The molecule has 0 radical (unpaired) electrons. The highest BCUT2D eigenvalue weighted by Gasteiger charge is 2.37. The van der Waals surface area contributed by atoms with E-state index in [-0.39, 0.29) is 12.1 Å². The van der Waals surface area contributed by atoms with Crippen LogP contribution in [0.2, 0.25) is 5.02 Å². The number of aromatic nitrogens is 2. The number of amides is 2. The molecule has 1 aromatic heterocycles. The van der Waals surface area contributed by atoms with E-state index in [0.29, 0.717) is 17.1 Å². The van der Waals surface area contributed by atoms with Crippen molar-refractivity contribution in [2.75, 3.05) is 20.8 Å². The minimum Gasteiger partial charge on any atom is -0.469 e. The summed E-state index contributed by atoms with van der Waals surface area (Å²) < 4.78 is 23.9. The number of methoxy groups -OCH3 is 2. The van der Waals surface area contributed by atoms with Crippen molar-refractivity contribution in [3.63, 3.8) is 0 Å². The number of rotatable bonds is 5. The van der Waals surface area contributed by atoms with E-state index >= 15 is 0 Å². The van der Waals surface area contributed by atoms with Gasteiger partial charge < -0.3 is 24.7 Å². The fourth-order valence-electron chi connectivity index (χ4n) is 3.35. The highest BCUT2D eigenvalue weighted by Crippen LogP contribution is 2.35. The van der Waals surface area contributed by atoms with E-state index in [1.54, 1.807) is 0 Å². The number of carbonyl (C=O) groups excluding carboxylic acids is 3. The molecule has 1 aliphatic heterocycles. The minimum atomic E-state index is -1.26. The van der Waals surface area contributed by atoms with Crippen LogP contribution in [0.15, 0.2) is 24.5 Å². The van der Waals surface area contributed by atoms with Crippen molar-refractivity contribution in [1.29, 1.82) is 0 Å². The zero-order valence-corrected chi connectivity index (χ0v) is 17.0. The summed E-state index contributed by atoms with van der Waals surface area (Å²) in [6.45, 7) is 0.212. The second-order valence-corrected chi connectivity index (χ2v) is 7.02. The van der Waals surface area contributed by atoms with Crippen LogP contribution in [0.4, 0.5) is 9.18 Å². The molecule has 0 saturated carbocycles. The lowest BCUT2D eigenvalue weighted by atomic mass is 9.95. The van der Waals surface area contributed by atoms with Crippen LogP contribution < -0.4 is 5.32 Å². The number of benzene rings is 1. The van der Waals surface area contributed by atoms with Crippen molar-refractivity contribution in [3.05, 3.63) is 52.3 Å².